The van der Waals surface area contributed by atoms with E-state index in [0.29, 0.717) is 22.8 Å². The van der Waals surface area contributed by atoms with E-state index in [1.807, 2.05) is 12.1 Å². The number of carbonyl (C=O) groups is 1. The van der Waals surface area contributed by atoms with E-state index in [1.54, 1.807) is 12.1 Å². The molecule has 11 heteroatoms. The lowest BCUT2D eigenvalue weighted by Gasteiger charge is -2.11. The van der Waals surface area contributed by atoms with Gasteiger partial charge < -0.3 is 16.4 Å². The van der Waals surface area contributed by atoms with E-state index in [9.17, 15) is 18.0 Å². The van der Waals surface area contributed by atoms with Crippen LogP contribution in [-0.4, -0.2) is 20.4 Å². The number of alkyl halides is 3. The fourth-order valence-electron chi connectivity index (χ4n) is 2.95. The van der Waals surface area contributed by atoms with Crippen LogP contribution in [0.15, 0.2) is 54.9 Å². The van der Waals surface area contributed by atoms with Gasteiger partial charge in [-0.2, -0.15) is 17.5 Å². The highest BCUT2D eigenvalue weighted by Gasteiger charge is 2.30. The number of aromatic nitrogens is 3. The molecule has 0 bridgehead atoms. The number of fused-ring (bicyclic) bond motifs is 1. The average Bonchev–Trinajstić information content (AvgIpc) is 3.13. The minimum Gasteiger partial charge on any atom is -0.383 e. The normalized spacial score (nSPS) is 11.5. The van der Waals surface area contributed by atoms with Crippen molar-refractivity contribution in [1.29, 1.82) is 0 Å². The molecule has 2 aromatic carbocycles. The Labute approximate surface area is 178 Å². The molecule has 31 heavy (non-hydrogen) atoms. The Morgan fingerprint density at radius 2 is 1.77 bits per heavy atom. The fourth-order valence-corrected chi connectivity index (χ4v) is 3.71. The van der Waals surface area contributed by atoms with Crippen LogP contribution in [0.5, 0.6) is 0 Å². The molecule has 158 valence electrons. The van der Waals surface area contributed by atoms with Crippen LogP contribution in [0.3, 0.4) is 0 Å². The summed E-state index contributed by atoms with van der Waals surface area (Å²) in [5.74, 6) is 0.373. The first-order chi connectivity index (χ1) is 14.8. The molecule has 4 N–H and O–H groups in total. The molecule has 2 heterocycles. The smallest absolute Gasteiger partial charge is 0.383 e. The molecule has 4 aromatic rings. The van der Waals surface area contributed by atoms with Gasteiger partial charge in [0.1, 0.15) is 17.0 Å². The summed E-state index contributed by atoms with van der Waals surface area (Å²) in [5, 5.41) is 5.71. The Bertz CT molecular complexity index is 1240. The molecular weight excluding hydrogens is 429 g/mol. The molecule has 0 saturated heterocycles. The van der Waals surface area contributed by atoms with E-state index in [2.05, 4.69) is 25.0 Å². The highest BCUT2D eigenvalue weighted by Crippen LogP contribution is 2.31. The molecular formula is C20H15F3N6OS. The SMILES string of the molecule is Nc1ncnc2snc(Cc3ccc(NC(=O)Nc4cccc(C(F)(F)F)c4)cc3)c12. The Kier molecular flexibility index (Phi) is 5.42. The Morgan fingerprint density at radius 3 is 2.52 bits per heavy atom. The van der Waals surface area contributed by atoms with Crippen molar-refractivity contribution in [2.24, 2.45) is 0 Å². The second-order valence-corrected chi connectivity index (χ2v) is 7.35. The lowest BCUT2D eigenvalue weighted by Crippen LogP contribution is -2.19. The van der Waals surface area contributed by atoms with Crippen LogP contribution in [0.1, 0.15) is 16.8 Å². The number of carbonyl (C=O) groups excluding carboxylic acids is 1. The van der Waals surface area contributed by atoms with Crippen LogP contribution in [0, 0.1) is 0 Å². The average molecular weight is 444 g/mol. The Morgan fingerprint density at radius 1 is 1.03 bits per heavy atom. The molecule has 0 spiro atoms. The Hall–Kier alpha value is -3.73. The summed E-state index contributed by atoms with van der Waals surface area (Å²) in [7, 11) is 0. The topological polar surface area (TPSA) is 106 Å². The summed E-state index contributed by atoms with van der Waals surface area (Å²) in [6.45, 7) is 0. The van der Waals surface area contributed by atoms with Crippen molar-refractivity contribution in [3.8, 4) is 0 Å². The number of amides is 2. The van der Waals surface area contributed by atoms with Crippen molar-refractivity contribution < 1.29 is 18.0 Å². The number of urea groups is 1. The van der Waals surface area contributed by atoms with Gasteiger partial charge in [0, 0.05) is 17.8 Å². The number of nitrogens with one attached hydrogen (secondary N) is 2. The maximum Gasteiger partial charge on any atom is 0.416 e. The van der Waals surface area contributed by atoms with Gasteiger partial charge in [-0.25, -0.2) is 14.8 Å². The number of halogens is 3. The highest BCUT2D eigenvalue weighted by atomic mass is 32.1. The summed E-state index contributed by atoms with van der Waals surface area (Å²) in [5.41, 5.74) is 7.31. The third kappa shape index (κ3) is 4.72. The predicted octanol–water partition coefficient (Wildman–Crippen LogP) is 4.92. The summed E-state index contributed by atoms with van der Waals surface area (Å²) in [6, 6.07) is 10.8. The summed E-state index contributed by atoms with van der Waals surface area (Å²) in [4.78, 5) is 21.0. The first kappa shape index (κ1) is 20.5. The van der Waals surface area contributed by atoms with Gasteiger partial charge in [-0.15, -0.1) is 0 Å². The summed E-state index contributed by atoms with van der Waals surface area (Å²) < 4.78 is 42.8. The molecule has 2 amide bonds. The zero-order chi connectivity index (χ0) is 22.0. The van der Waals surface area contributed by atoms with Gasteiger partial charge in [0.25, 0.3) is 0 Å². The van der Waals surface area contributed by atoms with Gasteiger partial charge in [0.2, 0.25) is 0 Å². The molecule has 0 aliphatic heterocycles. The molecule has 0 saturated carbocycles. The minimum atomic E-state index is -4.48. The molecule has 0 radical (unpaired) electrons. The summed E-state index contributed by atoms with van der Waals surface area (Å²) in [6.07, 6.45) is -2.58. The van der Waals surface area contributed by atoms with Crippen LogP contribution in [-0.2, 0) is 12.6 Å². The lowest BCUT2D eigenvalue weighted by atomic mass is 10.1. The number of rotatable bonds is 4. The van der Waals surface area contributed by atoms with Gasteiger partial charge in [-0.3, -0.25) is 0 Å². The number of nitrogen functional groups attached to an aromatic ring is 1. The number of nitrogens with two attached hydrogens (primary N) is 1. The molecule has 0 aliphatic carbocycles. The van der Waals surface area contributed by atoms with E-state index in [1.165, 1.54) is 30.0 Å². The fraction of sp³-hybridized carbons (Fsp3) is 0.100. The van der Waals surface area contributed by atoms with Gasteiger partial charge in [-0.1, -0.05) is 18.2 Å². The van der Waals surface area contributed by atoms with Crippen LogP contribution in [0.2, 0.25) is 0 Å². The number of nitrogens with zero attached hydrogens (tertiary/aromatic N) is 3. The maximum absolute atomic E-state index is 12.8. The third-order valence-electron chi connectivity index (χ3n) is 4.40. The van der Waals surface area contributed by atoms with Crippen LogP contribution >= 0.6 is 11.5 Å². The number of hydrogen-bond donors (Lipinski definition) is 3. The van der Waals surface area contributed by atoms with Crippen LogP contribution < -0.4 is 16.4 Å². The van der Waals surface area contributed by atoms with Crippen LogP contribution in [0.25, 0.3) is 10.2 Å². The van der Waals surface area contributed by atoms with Crippen molar-refractivity contribution in [1.82, 2.24) is 14.3 Å². The zero-order valence-corrected chi connectivity index (χ0v) is 16.6. The van der Waals surface area contributed by atoms with E-state index in [4.69, 9.17) is 5.73 Å². The second kappa shape index (κ2) is 8.19. The van der Waals surface area contributed by atoms with Crippen LogP contribution in [0.4, 0.5) is 35.2 Å². The molecule has 0 fully saturated rings. The van der Waals surface area contributed by atoms with Crippen molar-refractivity contribution in [2.75, 3.05) is 16.4 Å². The lowest BCUT2D eigenvalue weighted by molar-refractivity contribution is -0.137. The van der Waals surface area contributed by atoms with E-state index >= 15 is 0 Å². The minimum absolute atomic E-state index is 0.0409. The second-order valence-electron chi connectivity index (χ2n) is 6.60. The van der Waals surface area contributed by atoms with Crippen molar-refractivity contribution in [2.45, 2.75) is 12.6 Å². The molecule has 0 atom stereocenters. The van der Waals surface area contributed by atoms with E-state index in [0.717, 1.165) is 28.8 Å². The van der Waals surface area contributed by atoms with Gasteiger partial charge in [-0.05, 0) is 47.4 Å². The zero-order valence-electron chi connectivity index (χ0n) is 15.8. The highest BCUT2D eigenvalue weighted by molar-refractivity contribution is 7.13. The first-order valence-corrected chi connectivity index (χ1v) is 9.76. The van der Waals surface area contributed by atoms with Crippen molar-refractivity contribution >= 4 is 45.0 Å². The monoisotopic (exact) mass is 444 g/mol. The summed E-state index contributed by atoms with van der Waals surface area (Å²) >= 11 is 1.25. The molecule has 0 unspecified atom stereocenters. The van der Waals surface area contributed by atoms with E-state index < -0.39 is 17.8 Å². The van der Waals surface area contributed by atoms with Gasteiger partial charge in [0.15, 0.2) is 0 Å². The van der Waals surface area contributed by atoms with Crippen molar-refractivity contribution in [3.63, 3.8) is 0 Å². The number of anilines is 3. The predicted molar refractivity (Wildman–Crippen MR) is 113 cm³/mol. The third-order valence-corrected chi connectivity index (χ3v) is 5.20. The molecule has 0 aliphatic rings. The van der Waals surface area contributed by atoms with E-state index in [-0.39, 0.29) is 5.69 Å². The van der Waals surface area contributed by atoms with Gasteiger partial charge in [0.05, 0.1) is 16.6 Å². The molecule has 2 aromatic heterocycles. The molecule has 7 nitrogen and oxygen atoms in total. The Balaban J connectivity index is 1.41. The van der Waals surface area contributed by atoms with Crippen molar-refractivity contribution in [3.05, 3.63) is 71.7 Å². The largest absolute Gasteiger partial charge is 0.416 e. The molecule has 4 rings (SSSR count). The first-order valence-electron chi connectivity index (χ1n) is 8.98. The number of benzene rings is 2. The number of hydrogen-bond acceptors (Lipinski definition) is 6. The maximum atomic E-state index is 12.8. The quantitative estimate of drug-likeness (QED) is 0.414. The van der Waals surface area contributed by atoms with Gasteiger partial charge >= 0.3 is 12.2 Å². The standard InChI is InChI=1S/C20H15F3N6OS/c21-20(22,23)12-2-1-3-14(9-12)28-19(30)27-13-6-4-11(5-7-13)8-15-16-17(24)25-10-26-18(16)31-29-15/h1-7,9-10H,8H2,(H2,24,25,26)(H2,27,28,30).